The van der Waals surface area contributed by atoms with Crippen molar-refractivity contribution in [2.24, 2.45) is 0 Å². The van der Waals surface area contributed by atoms with Crippen molar-refractivity contribution in [3.05, 3.63) is 94.9 Å². The number of benzene rings is 2. The molecule has 1 aliphatic rings. The zero-order chi connectivity index (χ0) is 21.8. The van der Waals surface area contributed by atoms with E-state index < -0.39 is 0 Å². The monoisotopic (exact) mass is 417 g/mol. The van der Waals surface area contributed by atoms with Crippen LogP contribution in [0.2, 0.25) is 0 Å². The van der Waals surface area contributed by atoms with Gasteiger partial charge in [0, 0.05) is 18.6 Å². The third kappa shape index (κ3) is 4.89. The normalized spacial score (nSPS) is 14.7. The molecule has 0 aliphatic heterocycles. The van der Waals surface area contributed by atoms with E-state index in [1.165, 1.54) is 16.7 Å². The summed E-state index contributed by atoms with van der Waals surface area (Å²) in [5.41, 5.74) is 3.82. The van der Waals surface area contributed by atoms with Gasteiger partial charge in [0.15, 0.2) is 5.76 Å². The van der Waals surface area contributed by atoms with E-state index in [-0.39, 0.29) is 11.4 Å². The van der Waals surface area contributed by atoms with E-state index in [1.807, 2.05) is 31.1 Å². The van der Waals surface area contributed by atoms with Crippen LogP contribution >= 0.6 is 0 Å². The maximum atomic E-state index is 12.9. The fraction of sp³-hybridized carbons (Fsp3) is 0.346. The second-order valence-electron chi connectivity index (χ2n) is 8.87. The van der Waals surface area contributed by atoms with Crippen molar-refractivity contribution in [2.75, 3.05) is 27.7 Å². The molecule has 1 amide bonds. The smallest absolute Gasteiger partial charge is 0.287 e. The van der Waals surface area contributed by atoms with E-state index in [0.29, 0.717) is 18.8 Å². The van der Waals surface area contributed by atoms with Gasteiger partial charge >= 0.3 is 0 Å². The van der Waals surface area contributed by atoms with Crippen LogP contribution < -0.4 is 5.32 Å². The lowest BCUT2D eigenvalue weighted by Crippen LogP contribution is -2.54. The minimum atomic E-state index is -0.172. The van der Waals surface area contributed by atoms with E-state index in [2.05, 4.69) is 65.8 Å². The maximum absolute atomic E-state index is 12.9. The highest BCUT2D eigenvalue weighted by atomic mass is 16.4. The zero-order valence-corrected chi connectivity index (χ0v) is 18.6. The number of likely N-dealkylation sites (N-methyl/N-ethyl adjacent to an activating group) is 1. The quantitative estimate of drug-likeness (QED) is 0.607. The van der Waals surface area contributed by atoms with Gasteiger partial charge in [-0.15, -0.1) is 0 Å². The van der Waals surface area contributed by atoms with Gasteiger partial charge in [0.2, 0.25) is 0 Å². The molecule has 2 aromatic carbocycles. The molecule has 31 heavy (non-hydrogen) atoms. The minimum Gasteiger partial charge on any atom is -0.455 e. The second kappa shape index (κ2) is 9.08. The maximum Gasteiger partial charge on any atom is 0.287 e. The summed E-state index contributed by atoms with van der Waals surface area (Å²) < 4.78 is 5.76. The molecule has 0 unspecified atom stereocenters. The molecular weight excluding hydrogens is 386 g/mol. The van der Waals surface area contributed by atoms with Gasteiger partial charge in [-0.05, 0) is 62.8 Å². The highest BCUT2D eigenvalue weighted by Crippen LogP contribution is 2.34. The highest BCUT2D eigenvalue weighted by Gasteiger charge is 2.41. The van der Waals surface area contributed by atoms with Crippen LogP contribution in [0.5, 0.6) is 0 Å². The van der Waals surface area contributed by atoms with Crippen molar-refractivity contribution >= 4 is 5.91 Å². The van der Waals surface area contributed by atoms with Crippen molar-refractivity contribution in [1.82, 2.24) is 15.1 Å². The summed E-state index contributed by atoms with van der Waals surface area (Å²) >= 11 is 0. The van der Waals surface area contributed by atoms with Gasteiger partial charge in [0.25, 0.3) is 5.91 Å². The molecular formula is C26H31N3O2. The van der Waals surface area contributed by atoms with Crippen molar-refractivity contribution in [2.45, 2.75) is 31.5 Å². The molecule has 3 aromatic rings. The molecule has 0 spiro atoms. The van der Waals surface area contributed by atoms with Crippen LogP contribution in [-0.2, 0) is 25.9 Å². The topological polar surface area (TPSA) is 48.7 Å². The van der Waals surface area contributed by atoms with Crippen LogP contribution in [0.4, 0.5) is 0 Å². The van der Waals surface area contributed by atoms with Crippen LogP contribution in [0.1, 0.15) is 33.0 Å². The number of furan rings is 1. The van der Waals surface area contributed by atoms with Gasteiger partial charge in [-0.25, -0.2) is 0 Å². The van der Waals surface area contributed by atoms with Gasteiger partial charge < -0.3 is 14.6 Å². The fourth-order valence-electron chi connectivity index (χ4n) is 4.46. The number of carbonyl (C=O) groups excluding carboxylic acids is 1. The number of nitrogens with one attached hydrogen (secondary N) is 1. The lowest BCUT2D eigenvalue weighted by atomic mass is 9.92. The summed E-state index contributed by atoms with van der Waals surface area (Å²) in [5.74, 6) is 1.00. The Hall–Kier alpha value is -2.89. The predicted molar refractivity (Wildman–Crippen MR) is 123 cm³/mol. The average Bonchev–Trinajstić information content (AvgIpc) is 3.37. The number of hydrogen-bond acceptors (Lipinski definition) is 4. The Labute approximate surface area is 184 Å². The van der Waals surface area contributed by atoms with Crippen molar-refractivity contribution in [3.8, 4) is 0 Å². The van der Waals surface area contributed by atoms with Crippen LogP contribution in [0.3, 0.4) is 0 Å². The summed E-state index contributed by atoms with van der Waals surface area (Å²) in [6, 6.07) is 22.7. The Kier molecular flexibility index (Phi) is 6.25. The number of carbonyl (C=O) groups is 1. The van der Waals surface area contributed by atoms with Gasteiger partial charge in [-0.2, -0.15) is 0 Å². The first-order valence-corrected chi connectivity index (χ1v) is 10.8. The Morgan fingerprint density at radius 3 is 2.19 bits per heavy atom. The van der Waals surface area contributed by atoms with Crippen molar-refractivity contribution < 1.29 is 9.21 Å². The van der Waals surface area contributed by atoms with E-state index in [4.69, 9.17) is 4.42 Å². The van der Waals surface area contributed by atoms with E-state index in [1.54, 1.807) is 6.07 Å². The Balaban J connectivity index is 1.50. The Bertz CT molecular complexity index is 1000. The van der Waals surface area contributed by atoms with Gasteiger partial charge in [-0.1, -0.05) is 54.6 Å². The van der Waals surface area contributed by atoms with Gasteiger partial charge in [0.05, 0.1) is 6.54 Å². The highest BCUT2D eigenvalue weighted by molar-refractivity contribution is 5.91. The molecule has 1 N–H and O–H groups in total. The molecule has 0 atom stereocenters. The van der Waals surface area contributed by atoms with Gasteiger partial charge in [0.1, 0.15) is 5.76 Å². The SMILES string of the molecule is CN(C)Cc1ccc(C(=O)NCC2(N(C)Cc3ccccc3)Cc3ccccc3C2)o1. The summed E-state index contributed by atoms with van der Waals surface area (Å²) in [7, 11) is 6.12. The molecule has 0 saturated heterocycles. The molecule has 162 valence electrons. The van der Waals surface area contributed by atoms with Crippen LogP contribution in [0, 0.1) is 0 Å². The molecule has 5 nitrogen and oxygen atoms in total. The molecule has 0 fully saturated rings. The summed E-state index contributed by atoms with van der Waals surface area (Å²) in [6.07, 6.45) is 1.83. The van der Waals surface area contributed by atoms with Crippen LogP contribution in [0.25, 0.3) is 0 Å². The number of nitrogens with zero attached hydrogens (tertiary/aromatic N) is 2. The summed E-state index contributed by atoms with van der Waals surface area (Å²) in [5, 5.41) is 3.16. The van der Waals surface area contributed by atoms with Crippen molar-refractivity contribution in [1.29, 1.82) is 0 Å². The first-order valence-electron chi connectivity index (χ1n) is 10.8. The number of amides is 1. The predicted octanol–water partition coefficient (Wildman–Crippen LogP) is 3.74. The minimum absolute atomic E-state index is 0.159. The molecule has 0 bridgehead atoms. The van der Waals surface area contributed by atoms with Crippen LogP contribution in [0.15, 0.2) is 71.1 Å². The fourth-order valence-corrected chi connectivity index (χ4v) is 4.46. The average molecular weight is 418 g/mol. The number of hydrogen-bond donors (Lipinski definition) is 1. The second-order valence-corrected chi connectivity index (χ2v) is 8.87. The summed E-state index contributed by atoms with van der Waals surface area (Å²) in [4.78, 5) is 17.3. The molecule has 5 heteroatoms. The zero-order valence-electron chi connectivity index (χ0n) is 18.6. The van der Waals surface area contributed by atoms with E-state index in [0.717, 1.165) is 25.1 Å². The first-order chi connectivity index (χ1) is 14.9. The van der Waals surface area contributed by atoms with E-state index >= 15 is 0 Å². The van der Waals surface area contributed by atoms with E-state index in [9.17, 15) is 4.79 Å². The Morgan fingerprint density at radius 2 is 1.55 bits per heavy atom. The third-order valence-corrected chi connectivity index (χ3v) is 6.17. The van der Waals surface area contributed by atoms with Crippen molar-refractivity contribution in [3.63, 3.8) is 0 Å². The van der Waals surface area contributed by atoms with Crippen LogP contribution in [-0.4, -0.2) is 48.9 Å². The first kappa shape index (κ1) is 21.3. The molecule has 0 radical (unpaired) electrons. The molecule has 1 aliphatic carbocycles. The third-order valence-electron chi connectivity index (χ3n) is 6.17. The molecule has 4 rings (SSSR count). The molecule has 0 saturated carbocycles. The number of rotatable bonds is 8. The standard InChI is InChI=1S/C26H31N3O2/c1-28(2)18-23-13-14-24(31-23)25(30)27-19-26(15-21-11-7-8-12-22(21)16-26)29(3)17-20-9-5-4-6-10-20/h4-14H,15-19H2,1-3H3,(H,27,30). The summed E-state index contributed by atoms with van der Waals surface area (Å²) in [6.45, 7) is 2.07. The number of fused-ring (bicyclic) bond motifs is 1. The lowest BCUT2D eigenvalue weighted by Gasteiger charge is -2.39. The Morgan fingerprint density at radius 1 is 0.903 bits per heavy atom. The molecule has 1 aromatic heterocycles. The molecule has 1 heterocycles. The lowest BCUT2D eigenvalue weighted by molar-refractivity contribution is 0.0830. The van der Waals surface area contributed by atoms with Gasteiger partial charge in [-0.3, -0.25) is 9.69 Å². The largest absolute Gasteiger partial charge is 0.455 e.